The van der Waals surface area contributed by atoms with E-state index in [0.29, 0.717) is 49.4 Å². The zero-order valence-corrected chi connectivity index (χ0v) is 12.2. The highest BCUT2D eigenvalue weighted by molar-refractivity contribution is 6.26. The molecule has 0 aliphatic heterocycles. The summed E-state index contributed by atoms with van der Waals surface area (Å²) in [7, 11) is 0.623. The molecular weight excluding hydrogens is 236 g/mol. The van der Waals surface area contributed by atoms with E-state index in [2.05, 4.69) is 6.92 Å². The Morgan fingerprint density at radius 2 is 1.35 bits per heavy atom. The first-order chi connectivity index (χ1) is 8.41. The molecule has 0 aromatic carbocycles. The van der Waals surface area contributed by atoms with Gasteiger partial charge < -0.3 is 18.6 Å². The third kappa shape index (κ3) is 16.1. The van der Waals surface area contributed by atoms with Gasteiger partial charge in [-0.3, -0.25) is 0 Å². The minimum Gasteiger partial charge on any atom is -0.415 e. The summed E-state index contributed by atoms with van der Waals surface area (Å²) in [5.41, 5.74) is 0. The molecule has 2 radical (unpaired) electrons. The maximum Gasteiger partial charge on any atom is 0.229 e. The van der Waals surface area contributed by atoms with Gasteiger partial charge in [-0.2, -0.15) is 0 Å². The van der Waals surface area contributed by atoms with Crippen molar-refractivity contribution in [2.24, 2.45) is 0 Å². The topological polar surface area (TPSA) is 36.9 Å². The van der Waals surface area contributed by atoms with Crippen LogP contribution in [0, 0.1) is 0 Å². The van der Waals surface area contributed by atoms with Crippen LogP contribution in [0.5, 0.6) is 0 Å². The molecule has 0 bridgehead atoms. The minimum absolute atomic E-state index is 0.623. The SMILES string of the molecule is CCCC[Si]OCCOCCOCCOCC. The van der Waals surface area contributed by atoms with Gasteiger partial charge in [-0.25, -0.2) is 0 Å². The molecule has 0 fully saturated rings. The second kappa shape index (κ2) is 16.1. The summed E-state index contributed by atoms with van der Waals surface area (Å²) in [6.45, 7) is 8.84. The molecule has 0 saturated heterocycles. The number of rotatable bonds is 14. The third-order valence-corrected chi connectivity index (χ3v) is 2.98. The Bertz CT molecular complexity index is 122. The van der Waals surface area contributed by atoms with Crippen molar-refractivity contribution in [1.82, 2.24) is 0 Å². The molecule has 0 rings (SSSR count). The number of hydrogen-bond acceptors (Lipinski definition) is 4. The molecule has 0 aromatic heterocycles. The molecule has 0 aliphatic rings. The summed E-state index contributed by atoms with van der Waals surface area (Å²) in [6, 6.07) is 1.18. The molecule has 4 nitrogen and oxygen atoms in total. The van der Waals surface area contributed by atoms with Crippen LogP contribution in [0.1, 0.15) is 26.7 Å². The molecule has 0 saturated carbocycles. The van der Waals surface area contributed by atoms with E-state index in [4.69, 9.17) is 18.6 Å². The Morgan fingerprint density at radius 1 is 0.765 bits per heavy atom. The maximum absolute atomic E-state index is 5.44. The predicted octanol–water partition coefficient (Wildman–Crippen LogP) is 1.91. The highest BCUT2D eigenvalue weighted by Crippen LogP contribution is 1.93. The highest BCUT2D eigenvalue weighted by atomic mass is 28.2. The van der Waals surface area contributed by atoms with Crippen molar-refractivity contribution in [3.8, 4) is 0 Å². The maximum atomic E-state index is 5.44. The summed E-state index contributed by atoms with van der Waals surface area (Å²) in [4.78, 5) is 0. The van der Waals surface area contributed by atoms with Gasteiger partial charge in [0, 0.05) is 6.61 Å². The molecule has 0 heterocycles. The van der Waals surface area contributed by atoms with Crippen LogP contribution in [-0.2, 0) is 18.6 Å². The summed E-state index contributed by atoms with van der Waals surface area (Å²) in [5, 5.41) is 0. The van der Waals surface area contributed by atoms with Crippen molar-refractivity contribution in [2.45, 2.75) is 32.7 Å². The average molecular weight is 262 g/mol. The molecule has 5 heteroatoms. The lowest BCUT2D eigenvalue weighted by atomic mass is 10.4. The van der Waals surface area contributed by atoms with E-state index in [1.807, 2.05) is 6.92 Å². The molecule has 0 aromatic rings. The van der Waals surface area contributed by atoms with Crippen molar-refractivity contribution >= 4 is 9.76 Å². The van der Waals surface area contributed by atoms with E-state index in [1.165, 1.54) is 18.9 Å². The molecule has 0 unspecified atom stereocenters. The quantitative estimate of drug-likeness (QED) is 0.354. The average Bonchev–Trinajstić information content (AvgIpc) is 2.35. The number of ether oxygens (including phenoxy) is 3. The van der Waals surface area contributed by atoms with Crippen LogP contribution in [0.4, 0.5) is 0 Å². The molecule has 0 N–H and O–H groups in total. The van der Waals surface area contributed by atoms with Crippen molar-refractivity contribution in [1.29, 1.82) is 0 Å². The van der Waals surface area contributed by atoms with Gasteiger partial charge in [0.2, 0.25) is 9.76 Å². The first-order valence-corrected chi connectivity index (χ1v) is 7.61. The first-order valence-electron chi connectivity index (χ1n) is 6.49. The molecule has 0 amide bonds. The molecule has 0 spiro atoms. The minimum atomic E-state index is 0.623. The Labute approximate surface area is 108 Å². The molecule has 17 heavy (non-hydrogen) atoms. The van der Waals surface area contributed by atoms with E-state index in [0.717, 1.165) is 6.61 Å². The summed E-state index contributed by atoms with van der Waals surface area (Å²) in [6.07, 6.45) is 2.50. The van der Waals surface area contributed by atoms with Gasteiger partial charge in [-0.1, -0.05) is 19.8 Å². The van der Waals surface area contributed by atoms with Crippen molar-refractivity contribution in [3.05, 3.63) is 0 Å². The van der Waals surface area contributed by atoms with Crippen molar-refractivity contribution in [2.75, 3.05) is 46.2 Å². The van der Waals surface area contributed by atoms with Crippen LogP contribution in [-0.4, -0.2) is 56.0 Å². The molecule has 102 valence electrons. The normalized spacial score (nSPS) is 10.9. The van der Waals surface area contributed by atoms with E-state index in [9.17, 15) is 0 Å². The largest absolute Gasteiger partial charge is 0.415 e. The van der Waals surface area contributed by atoms with E-state index < -0.39 is 0 Å². The predicted molar refractivity (Wildman–Crippen MR) is 69.6 cm³/mol. The standard InChI is InChI=1S/C12H26O4Si/c1-3-5-12-17-16-11-10-15-9-8-14-7-6-13-4-2/h3-12H2,1-2H3. The monoisotopic (exact) mass is 262 g/mol. The fourth-order valence-electron chi connectivity index (χ4n) is 1.08. The van der Waals surface area contributed by atoms with Gasteiger partial charge in [0.05, 0.1) is 39.6 Å². The Balaban J connectivity index is 2.85. The number of unbranched alkanes of at least 4 members (excludes halogenated alkanes) is 1. The van der Waals surface area contributed by atoms with E-state index in [1.54, 1.807) is 0 Å². The lowest BCUT2D eigenvalue weighted by Crippen LogP contribution is -2.12. The van der Waals surface area contributed by atoms with Gasteiger partial charge in [0.25, 0.3) is 0 Å². The van der Waals surface area contributed by atoms with E-state index >= 15 is 0 Å². The fourth-order valence-corrected chi connectivity index (χ4v) is 1.95. The molecule has 0 atom stereocenters. The lowest BCUT2D eigenvalue weighted by Gasteiger charge is -2.06. The zero-order valence-electron chi connectivity index (χ0n) is 11.2. The number of hydrogen-bond donors (Lipinski definition) is 0. The second-order valence-corrected chi connectivity index (χ2v) is 4.60. The van der Waals surface area contributed by atoms with Gasteiger partial charge in [-0.15, -0.1) is 0 Å². The smallest absolute Gasteiger partial charge is 0.229 e. The van der Waals surface area contributed by atoms with Gasteiger partial charge in [0.15, 0.2) is 0 Å². The lowest BCUT2D eigenvalue weighted by molar-refractivity contribution is 0.0115. The van der Waals surface area contributed by atoms with Crippen LogP contribution in [0.2, 0.25) is 6.04 Å². The third-order valence-electron chi connectivity index (χ3n) is 2.01. The van der Waals surface area contributed by atoms with Crippen LogP contribution >= 0.6 is 0 Å². The summed E-state index contributed by atoms with van der Waals surface area (Å²) >= 11 is 0. The highest BCUT2D eigenvalue weighted by Gasteiger charge is 1.93. The Morgan fingerprint density at radius 3 is 1.94 bits per heavy atom. The summed E-state index contributed by atoms with van der Waals surface area (Å²) in [5.74, 6) is 0. The zero-order chi connectivity index (χ0) is 12.6. The van der Waals surface area contributed by atoms with Gasteiger partial charge in [-0.05, 0) is 13.0 Å². The van der Waals surface area contributed by atoms with Crippen LogP contribution in [0.25, 0.3) is 0 Å². The Kier molecular flexibility index (Phi) is 16.1. The second-order valence-electron chi connectivity index (χ2n) is 3.52. The van der Waals surface area contributed by atoms with E-state index in [-0.39, 0.29) is 0 Å². The first kappa shape index (κ1) is 17.1. The van der Waals surface area contributed by atoms with Gasteiger partial charge in [0.1, 0.15) is 0 Å². The van der Waals surface area contributed by atoms with Crippen LogP contribution < -0.4 is 0 Å². The van der Waals surface area contributed by atoms with Crippen molar-refractivity contribution in [3.63, 3.8) is 0 Å². The van der Waals surface area contributed by atoms with Crippen LogP contribution in [0.15, 0.2) is 0 Å². The fraction of sp³-hybridized carbons (Fsp3) is 1.00. The van der Waals surface area contributed by atoms with Crippen molar-refractivity contribution < 1.29 is 18.6 Å². The Hall–Kier alpha value is 0.0569. The summed E-state index contributed by atoms with van der Waals surface area (Å²) < 4.78 is 21.2. The van der Waals surface area contributed by atoms with Gasteiger partial charge >= 0.3 is 0 Å². The molecule has 0 aliphatic carbocycles. The van der Waals surface area contributed by atoms with Crippen LogP contribution in [0.3, 0.4) is 0 Å². The molecular formula is C12H26O4Si.